The fourth-order valence-electron chi connectivity index (χ4n) is 1.51. The van der Waals surface area contributed by atoms with Gasteiger partial charge in [0.05, 0.1) is 19.3 Å². The number of alkyl halides is 1. The zero-order valence-electron chi connectivity index (χ0n) is 10.7. The monoisotopic (exact) mass is 378 g/mol. The van der Waals surface area contributed by atoms with Gasteiger partial charge in [0.15, 0.2) is 0 Å². The maximum atomic E-state index is 5.81. The summed E-state index contributed by atoms with van der Waals surface area (Å²) in [5.41, 5.74) is 1.18. The van der Waals surface area contributed by atoms with Crippen molar-refractivity contribution in [3.8, 4) is 0 Å². The second-order valence-electron chi connectivity index (χ2n) is 4.03. The third kappa shape index (κ3) is 6.32. The predicted octanol–water partition coefficient (Wildman–Crippen LogP) is 4.72. The van der Waals surface area contributed by atoms with Crippen molar-refractivity contribution in [2.75, 3.05) is 25.2 Å². The molecule has 0 N–H and O–H groups in total. The highest BCUT2D eigenvalue weighted by atomic mass is 79.9. The van der Waals surface area contributed by atoms with Crippen LogP contribution in [0.25, 0.3) is 0 Å². The van der Waals surface area contributed by atoms with Crippen LogP contribution in [0.1, 0.15) is 31.4 Å². The van der Waals surface area contributed by atoms with Gasteiger partial charge in [-0.25, -0.2) is 0 Å². The number of unbranched alkanes of at least 4 members (excludes halogenated alkanes) is 1. The van der Waals surface area contributed by atoms with E-state index in [0.29, 0.717) is 13.2 Å². The minimum Gasteiger partial charge on any atom is -0.379 e. The SMILES string of the molecule is CCCCOCCOC(CBr)c1ccc(Br)cc1. The third-order valence-electron chi connectivity index (χ3n) is 2.57. The molecule has 0 heterocycles. The standard InChI is InChI=1S/C14H20Br2O2/c1-2-3-8-17-9-10-18-14(11-15)12-4-6-13(16)7-5-12/h4-7,14H,2-3,8-11H2,1H3. The van der Waals surface area contributed by atoms with E-state index in [1.165, 1.54) is 12.0 Å². The fourth-order valence-corrected chi connectivity index (χ4v) is 2.33. The summed E-state index contributed by atoms with van der Waals surface area (Å²) in [6.07, 6.45) is 2.38. The van der Waals surface area contributed by atoms with E-state index in [1.54, 1.807) is 0 Å². The van der Waals surface area contributed by atoms with Crippen LogP contribution < -0.4 is 0 Å². The Kier molecular flexibility index (Phi) is 8.94. The molecule has 1 rings (SSSR count). The molecular weight excluding hydrogens is 360 g/mol. The van der Waals surface area contributed by atoms with Crippen LogP contribution >= 0.6 is 31.9 Å². The number of ether oxygens (including phenoxy) is 2. The summed E-state index contributed by atoms with van der Waals surface area (Å²) in [6.45, 7) is 4.29. The van der Waals surface area contributed by atoms with Gasteiger partial charge in [-0.05, 0) is 24.1 Å². The molecule has 1 atom stereocenters. The van der Waals surface area contributed by atoms with Crippen molar-refractivity contribution in [1.82, 2.24) is 0 Å². The number of hydrogen-bond acceptors (Lipinski definition) is 2. The van der Waals surface area contributed by atoms with Crippen LogP contribution in [-0.2, 0) is 9.47 Å². The highest BCUT2D eigenvalue weighted by Gasteiger charge is 2.09. The average molecular weight is 380 g/mol. The lowest BCUT2D eigenvalue weighted by Gasteiger charge is -2.16. The molecule has 18 heavy (non-hydrogen) atoms. The van der Waals surface area contributed by atoms with Crippen LogP contribution in [0, 0.1) is 0 Å². The van der Waals surface area contributed by atoms with E-state index in [2.05, 4.69) is 50.9 Å². The van der Waals surface area contributed by atoms with Gasteiger partial charge in [0.1, 0.15) is 0 Å². The first kappa shape index (κ1) is 16.2. The zero-order valence-corrected chi connectivity index (χ0v) is 13.9. The molecule has 0 saturated carbocycles. The van der Waals surface area contributed by atoms with Gasteiger partial charge >= 0.3 is 0 Å². The highest BCUT2D eigenvalue weighted by molar-refractivity contribution is 9.10. The topological polar surface area (TPSA) is 18.5 Å². The van der Waals surface area contributed by atoms with E-state index in [-0.39, 0.29) is 6.10 Å². The first-order valence-electron chi connectivity index (χ1n) is 6.28. The number of halogens is 2. The molecule has 102 valence electrons. The molecule has 1 aromatic rings. The second kappa shape index (κ2) is 9.96. The summed E-state index contributed by atoms with van der Waals surface area (Å²) in [6, 6.07) is 8.22. The van der Waals surface area contributed by atoms with Gasteiger partial charge < -0.3 is 9.47 Å². The molecule has 0 saturated heterocycles. The van der Waals surface area contributed by atoms with Crippen molar-refractivity contribution < 1.29 is 9.47 Å². The summed E-state index contributed by atoms with van der Waals surface area (Å²) < 4.78 is 12.4. The zero-order chi connectivity index (χ0) is 13.2. The van der Waals surface area contributed by atoms with Gasteiger partial charge in [0.25, 0.3) is 0 Å². The van der Waals surface area contributed by atoms with Gasteiger partial charge in [-0.15, -0.1) is 0 Å². The molecule has 0 amide bonds. The summed E-state index contributed by atoms with van der Waals surface area (Å²) >= 11 is 6.92. The Bertz CT molecular complexity index is 314. The smallest absolute Gasteiger partial charge is 0.0922 e. The Labute approximate surface area is 126 Å². The Morgan fingerprint density at radius 1 is 1.11 bits per heavy atom. The fraction of sp³-hybridized carbons (Fsp3) is 0.571. The molecule has 0 bridgehead atoms. The highest BCUT2D eigenvalue weighted by Crippen LogP contribution is 2.21. The first-order chi connectivity index (χ1) is 8.77. The first-order valence-corrected chi connectivity index (χ1v) is 8.20. The molecule has 0 aromatic heterocycles. The van der Waals surface area contributed by atoms with Crippen molar-refractivity contribution in [1.29, 1.82) is 0 Å². The van der Waals surface area contributed by atoms with E-state index in [9.17, 15) is 0 Å². The van der Waals surface area contributed by atoms with Crippen LogP contribution in [0.15, 0.2) is 28.7 Å². The summed E-state index contributed by atoms with van der Waals surface area (Å²) in [5.74, 6) is 0. The van der Waals surface area contributed by atoms with E-state index < -0.39 is 0 Å². The van der Waals surface area contributed by atoms with Gasteiger partial charge in [0.2, 0.25) is 0 Å². The van der Waals surface area contributed by atoms with Gasteiger partial charge in [0, 0.05) is 16.4 Å². The molecule has 1 unspecified atom stereocenters. The van der Waals surface area contributed by atoms with Crippen molar-refractivity contribution in [2.24, 2.45) is 0 Å². The Morgan fingerprint density at radius 2 is 1.83 bits per heavy atom. The van der Waals surface area contributed by atoms with Gasteiger partial charge in [-0.2, -0.15) is 0 Å². The average Bonchev–Trinajstić information content (AvgIpc) is 2.39. The van der Waals surface area contributed by atoms with Crippen LogP contribution in [0.4, 0.5) is 0 Å². The van der Waals surface area contributed by atoms with Crippen LogP contribution in [-0.4, -0.2) is 25.2 Å². The maximum absolute atomic E-state index is 5.81. The molecular formula is C14H20Br2O2. The molecule has 0 spiro atoms. The van der Waals surface area contributed by atoms with E-state index >= 15 is 0 Å². The van der Waals surface area contributed by atoms with Crippen LogP contribution in [0.2, 0.25) is 0 Å². The molecule has 1 aromatic carbocycles. The Balaban J connectivity index is 2.27. The summed E-state index contributed by atoms with van der Waals surface area (Å²) in [7, 11) is 0. The molecule has 0 fully saturated rings. The molecule has 0 radical (unpaired) electrons. The van der Waals surface area contributed by atoms with Gasteiger partial charge in [-0.1, -0.05) is 57.3 Å². The van der Waals surface area contributed by atoms with Crippen molar-refractivity contribution in [3.05, 3.63) is 34.3 Å². The van der Waals surface area contributed by atoms with Gasteiger partial charge in [-0.3, -0.25) is 0 Å². The minimum absolute atomic E-state index is 0.0906. The van der Waals surface area contributed by atoms with E-state index in [0.717, 1.165) is 22.8 Å². The largest absolute Gasteiger partial charge is 0.379 e. The molecule has 4 heteroatoms. The minimum atomic E-state index is 0.0906. The number of hydrogen-bond donors (Lipinski definition) is 0. The third-order valence-corrected chi connectivity index (χ3v) is 3.69. The Hall–Kier alpha value is 0.1000. The van der Waals surface area contributed by atoms with Crippen LogP contribution in [0.3, 0.4) is 0 Å². The quantitative estimate of drug-likeness (QED) is 0.456. The van der Waals surface area contributed by atoms with Crippen molar-refractivity contribution in [3.63, 3.8) is 0 Å². The predicted molar refractivity (Wildman–Crippen MR) is 82.4 cm³/mol. The van der Waals surface area contributed by atoms with Crippen molar-refractivity contribution >= 4 is 31.9 Å². The normalized spacial score (nSPS) is 12.6. The van der Waals surface area contributed by atoms with E-state index in [4.69, 9.17) is 9.47 Å². The number of rotatable bonds is 9. The second-order valence-corrected chi connectivity index (χ2v) is 5.59. The number of benzene rings is 1. The summed E-state index contributed by atoms with van der Waals surface area (Å²) in [5, 5.41) is 0.795. The molecule has 0 aliphatic rings. The lowest BCUT2D eigenvalue weighted by Crippen LogP contribution is -2.11. The molecule has 0 aliphatic carbocycles. The van der Waals surface area contributed by atoms with Crippen molar-refractivity contribution in [2.45, 2.75) is 25.9 Å². The molecule has 0 aliphatic heterocycles. The summed E-state index contributed by atoms with van der Waals surface area (Å²) in [4.78, 5) is 0. The molecule has 2 nitrogen and oxygen atoms in total. The van der Waals surface area contributed by atoms with Crippen LogP contribution in [0.5, 0.6) is 0 Å². The lowest BCUT2D eigenvalue weighted by atomic mass is 10.1. The lowest BCUT2D eigenvalue weighted by molar-refractivity contribution is 0.0133. The maximum Gasteiger partial charge on any atom is 0.0922 e. The van der Waals surface area contributed by atoms with E-state index in [1.807, 2.05) is 12.1 Å². The Morgan fingerprint density at radius 3 is 2.44 bits per heavy atom.